The maximum absolute atomic E-state index is 13.2. The Kier molecular flexibility index (Phi) is 36.5. The summed E-state index contributed by atoms with van der Waals surface area (Å²) >= 11 is 0. The lowest BCUT2D eigenvalue weighted by Crippen LogP contribution is -2.33. The predicted octanol–water partition coefficient (Wildman–Crippen LogP) is 15.7. The molecule has 1 aliphatic heterocycles. The van der Waals surface area contributed by atoms with Crippen molar-refractivity contribution in [3.63, 3.8) is 0 Å². The van der Waals surface area contributed by atoms with Crippen LogP contribution in [-0.4, -0.2) is 73.6 Å². The lowest BCUT2D eigenvalue weighted by atomic mass is 9.78. The number of amides is 1. The molecule has 1 saturated heterocycles. The lowest BCUT2D eigenvalue weighted by Gasteiger charge is -2.29. The van der Waals surface area contributed by atoms with Gasteiger partial charge in [-0.2, -0.15) is 0 Å². The van der Waals surface area contributed by atoms with Crippen molar-refractivity contribution >= 4 is 17.8 Å². The SMILES string of the molecule is CCCCCCCCC(CCCCCC)C(=O)OCCCC1(CCCC2CC2)CCN(C(=O)OCCCN(CC)CC)C1.CCCCCCCCC(CCCCCC)C(C)=O. The van der Waals surface area contributed by atoms with Crippen LogP contribution in [0.15, 0.2) is 0 Å². The number of likely N-dealkylation sites (tertiary alicyclic amines) is 1. The molecule has 2 rings (SSSR count). The van der Waals surface area contributed by atoms with Gasteiger partial charge in [-0.15, -0.1) is 0 Å². The van der Waals surface area contributed by atoms with Crippen LogP contribution in [0, 0.1) is 23.2 Å². The molecule has 7 heteroatoms. The number of unbranched alkanes of at least 4 members (excludes halogenated alkanes) is 16. The molecular weight excluding hydrogens is 757 g/mol. The molecule has 1 aliphatic carbocycles. The Labute approximate surface area is 379 Å². The summed E-state index contributed by atoms with van der Waals surface area (Å²) in [5.74, 6) is 1.81. The molecule has 1 saturated carbocycles. The first kappa shape index (κ1) is 57.4. The van der Waals surface area contributed by atoms with Gasteiger partial charge in [0.25, 0.3) is 0 Å². The second-order valence-electron chi connectivity index (χ2n) is 19.6. The molecule has 0 aromatic carbocycles. The molecule has 61 heavy (non-hydrogen) atoms. The molecule has 0 spiro atoms. The maximum atomic E-state index is 13.2. The Bertz CT molecular complexity index is 1040. The van der Waals surface area contributed by atoms with E-state index in [0.29, 0.717) is 24.9 Å². The molecule has 2 fully saturated rings. The quantitative estimate of drug-likeness (QED) is 0.0451. The fraction of sp³-hybridized carbons (Fsp3) is 0.944. The van der Waals surface area contributed by atoms with Crippen LogP contribution in [0.3, 0.4) is 0 Å². The first-order valence-electron chi connectivity index (χ1n) is 27.0. The van der Waals surface area contributed by atoms with Gasteiger partial charge >= 0.3 is 12.1 Å². The molecule has 0 aromatic heterocycles. The highest BCUT2D eigenvalue weighted by Gasteiger charge is 2.40. The van der Waals surface area contributed by atoms with Gasteiger partial charge in [-0.1, -0.05) is 196 Å². The van der Waals surface area contributed by atoms with Crippen molar-refractivity contribution in [1.29, 1.82) is 0 Å². The van der Waals surface area contributed by atoms with Gasteiger partial charge in [-0.3, -0.25) is 9.59 Å². The fourth-order valence-electron chi connectivity index (χ4n) is 9.52. The van der Waals surface area contributed by atoms with Crippen molar-refractivity contribution < 1.29 is 23.9 Å². The minimum atomic E-state index is -0.143. The van der Waals surface area contributed by atoms with Gasteiger partial charge in [0.15, 0.2) is 0 Å². The van der Waals surface area contributed by atoms with E-state index in [1.807, 2.05) is 4.90 Å². The number of Topliss-reactive ketones (excluding diaryl/α,β-unsaturated/α-hetero) is 1. The van der Waals surface area contributed by atoms with E-state index >= 15 is 0 Å². The van der Waals surface area contributed by atoms with Gasteiger partial charge in [0.2, 0.25) is 0 Å². The van der Waals surface area contributed by atoms with Crippen LogP contribution >= 0.6 is 0 Å². The Morgan fingerprint density at radius 3 is 1.52 bits per heavy atom. The van der Waals surface area contributed by atoms with Gasteiger partial charge in [0, 0.05) is 25.6 Å². The van der Waals surface area contributed by atoms with Crippen LogP contribution in [0.5, 0.6) is 0 Å². The lowest BCUT2D eigenvalue weighted by molar-refractivity contribution is -0.149. The fourth-order valence-corrected chi connectivity index (χ4v) is 9.52. The van der Waals surface area contributed by atoms with Gasteiger partial charge in [0.05, 0.1) is 19.1 Å². The predicted molar refractivity (Wildman–Crippen MR) is 260 cm³/mol. The summed E-state index contributed by atoms with van der Waals surface area (Å²) in [4.78, 5) is 42.0. The molecule has 2 aliphatic rings. The molecule has 0 N–H and O–H groups in total. The van der Waals surface area contributed by atoms with Crippen LogP contribution in [-0.2, 0) is 19.1 Å². The zero-order chi connectivity index (χ0) is 44.8. The van der Waals surface area contributed by atoms with Crippen molar-refractivity contribution in [1.82, 2.24) is 9.80 Å². The molecule has 0 radical (unpaired) electrons. The number of ether oxygens (including phenoxy) is 2. The number of esters is 1. The highest BCUT2D eigenvalue weighted by atomic mass is 16.6. The van der Waals surface area contributed by atoms with Crippen molar-refractivity contribution in [3.05, 3.63) is 0 Å². The Balaban J connectivity index is 0.000000866. The van der Waals surface area contributed by atoms with Gasteiger partial charge in [-0.25, -0.2) is 4.79 Å². The summed E-state index contributed by atoms with van der Waals surface area (Å²) < 4.78 is 11.6. The van der Waals surface area contributed by atoms with E-state index in [1.54, 1.807) is 6.92 Å². The first-order valence-corrected chi connectivity index (χ1v) is 27.0. The van der Waals surface area contributed by atoms with Crippen molar-refractivity contribution in [2.45, 2.75) is 260 Å². The van der Waals surface area contributed by atoms with Crippen LogP contribution in [0.1, 0.15) is 260 Å². The highest BCUT2D eigenvalue weighted by Crippen LogP contribution is 2.42. The average Bonchev–Trinajstić information content (AvgIpc) is 3.99. The minimum Gasteiger partial charge on any atom is -0.465 e. The number of hydrogen-bond donors (Lipinski definition) is 0. The summed E-state index contributed by atoms with van der Waals surface area (Å²) in [5, 5.41) is 0. The van der Waals surface area contributed by atoms with E-state index in [-0.39, 0.29) is 23.4 Å². The van der Waals surface area contributed by atoms with Crippen LogP contribution < -0.4 is 0 Å². The topological polar surface area (TPSA) is 76.2 Å². The summed E-state index contributed by atoms with van der Waals surface area (Å²) in [7, 11) is 0. The number of carbonyl (C=O) groups is 3. The third-order valence-corrected chi connectivity index (χ3v) is 14.1. The molecule has 3 unspecified atom stereocenters. The average molecular weight is 861 g/mol. The van der Waals surface area contributed by atoms with E-state index in [9.17, 15) is 14.4 Å². The minimum absolute atomic E-state index is 0.0363. The van der Waals surface area contributed by atoms with Crippen molar-refractivity contribution in [2.24, 2.45) is 23.2 Å². The third-order valence-electron chi connectivity index (χ3n) is 14.1. The summed E-state index contributed by atoms with van der Waals surface area (Å²) in [6.45, 7) is 20.7. The molecule has 0 aromatic rings. The molecule has 0 bridgehead atoms. The zero-order valence-corrected chi connectivity index (χ0v) is 42.0. The first-order chi connectivity index (χ1) is 29.7. The molecule has 1 heterocycles. The number of rotatable bonds is 40. The largest absolute Gasteiger partial charge is 0.465 e. The van der Waals surface area contributed by atoms with Gasteiger partial charge < -0.3 is 19.3 Å². The normalized spacial score (nSPS) is 17.3. The summed E-state index contributed by atoms with van der Waals surface area (Å²) in [6.07, 6.45) is 40.0. The van der Waals surface area contributed by atoms with E-state index in [2.05, 4.69) is 46.4 Å². The van der Waals surface area contributed by atoms with Crippen molar-refractivity contribution in [2.75, 3.05) is 45.9 Å². The second kappa shape index (κ2) is 38.8. The number of ketones is 1. The number of carbonyl (C=O) groups excluding carboxylic acids is 3. The Morgan fingerprint density at radius 1 is 0.574 bits per heavy atom. The van der Waals surface area contributed by atoms with E-state index in [1.165, 1.54) is 148 Å². The molecule has 360 valence electrons. The summed E-state index contributed by atoms with van der Waals surface area (Å²) in [6, 6.07) is 0. The molecular formula is C54H104N2O5. The maximum Gasteiger partial charge on any atom is 0.409 e. The van der Waals surface area contributed by atoms with Crippen molar-refractivity contribution in [3.8, 4) is 0 Å². The molecule has 3 atom stereocenters. The zero-order valence-electron chi connectivity index (χ0n) is 42.0. The standard InChI is InChI=1S/C37H70N2O4.C17H34O/c1-5-9-11-13-14-16-22-34(21-15-12-10-6-2)35(40)42-30-18-26-37(25-17-20-33-23-24-33)27-29-39(32-37)36(41)43-31-19-28-38(7-3)8-4;1-4-6-8-10-11-13-15-17(16(3)18)14-12-9-7-5-2/h33-34H,5-32H2,1-4H3;17H,4-15H2,1-3H3. The van der Waals surface area contributed by atoms with E-state index in [4.69, 9.17) is 9.47 Å². The monoisotopic (exact) mass is 861 g/mol. The van der Waals surface area contributed by atoms with Gasteiger partial charge in [0.1, 0.15) is 5.78 Å². The highest BCUT2D eigenvalue weighted by molar-refractivity contribution is 5.78. The third kappa shape index (κ3) is 30.2. The molecule has 1 amide bonds. The van der Waals surface area contributed by atoms with E-state index < -0.39 is 0 Å². The second-order valence-corrected chi connectivity index (χ2v) is 19.6. The summed E-state index contributed by atoms with van der Waals surface area (Å²) in [5.41, 5.74) is 0.138. The van der Waals surface area contributed by atoms with Crippen LogP contribution in [0.2, 0.25) is 0 Å². The number of hydrogen-bond acceptors (Lipinski definition) is 6. The molecule has 7 nitrogen and oxygen atoms in total. The van der Waals surface area contributed by atoms with Gasteiger partial charge in [-0.05, 0) is 89.1 Å². The van der Waals surface area contributed by atoms with E-state index in [0.717, 1.165) is 103 Å². The number of nitrogens with zero attached hydrogens (tertiary/aromatic N) is 2. The Hall–Kier alpha value is -1.63. The smallest absolute Gasteiger partial charge is 0.409 e. The van der Waals surface area contributed by atoms with Crippen LogP contribution in [0.4, 0.5) is 4.79 Å². The van der Waals surface area contributed by atoms with Crippen LogP contribution in [0.25, 0.3) is 0 Å². The Morgan fingerprint density at radius 2 is 1.03 bits per heavy atom.